The van der Waals surface area contributed by atoms with E-state index in [4.69, 9.17) is 5.73 Å². The van der Waals surface area contributed by atoms with Crippen LogP contribution in [-0.2, 0) is 20.0 Å². The van der Waals surface area contributed by atoms with Crippen LogP contribution in [0.5, 0.6) is 0 Å². The maximum Gasteiger partial charge on any atom is 0.348 e. The molecule has 0 radical (unpaired) electrons. The van der Waals surface area contributed by atoms with E-state index in [0.29, 0.717) is 6.29 Å². The first-order chi connectivity index (χ1) is 22.2. The molecule has 0 fully saturated rings. The molecule has 0 unspecified atom stereocenters. The van der Waals surface area contributed by atoms with Crippen LogP contribution in [0.15, 0.2) is 61.9 Å². The highest BCUT2D eigenvalue weighted by molar-refractivity contribution is 7.91. The first-order valence-electron chi connectivity index (χ1n) is 12.5. The highest BCUT2D eigenvalue weighted by atomic mass is 32.2. The number of benzene rings is 2. The Morgan fingerprint density at radius 2 is 1.25 bits per heavy atom. The summed E-state index contributed by atoms with van der Waals surface area (Å²) >= 11 is 0. The van der Waals surface area contributed by atoms with Gasteiger partial charge in [-0.05, 0) is 18.2 Å². The van der Waals surface area contributed by atoms with E-state index < -0.39 is 63.8 Å². The fourth-order valence-corrected chi connectivity index (χ4v) is 5.15. The quantitative estimate of drug-likeness (QED) is 0.0524. The number of carbonyl (C=O) groups is 1. The van der Waals surface area contributed by atoms with Gasteiger partial charge in [0, 0.05) is 30.1 Å². The van der Waals surface area contributed by atoms with Crippen molar-refractivity contribution in [2.45, 2.75) is 0 Å². The molecule has 0 saturated carbocycles. The number of nitro groups is 2. The Bertz CT molecular complexity index is 2650. The van der Waals surface area contributed by atoms with Gasteiger partial charge < -0.3 is 20.3 Å². The van der Waals surface area contributed by atoms with E-state index in [9.17, 15) is 61.0 Å². The molecule has 2 aromatic carbocycles. The largest absolute Gasteiger partial charge is 0.393 e. The molecule has 0 saturated heterocycles. The van der Waals surface area contributed by atoms with E-state index in [1.165, 1.54) is 23.0 Å². The van der Waals surface area contributed by atoms with Gasteiger partial charge in [0.15, 0.2) is 6.29 Å². The molecule has 0 aliphatic heterocycles. The molecule has 0 atom stereocenters. The third-order valence-electron chi connectivity index (χ3n) is 6.08. The van der Waals surface area contributed by atoms with Crippen molar-refractivity contribution >= 4 is 65.2 Å². The number of rotatable bonds is 8. The third kappa shape index (κ3) is 7.10. The minimum atomic E-state index is -3.93. The number of aromatic nitrogens is 5. The fraction of sp³-hybridized carbons (Fsp3) is 0.0870. The molecular formula is C23H20N10O13S2. The summed E-state index contributed by atoms with van der Waals surface area (Å²) in [6.07, 6.45) is 4.76. The number of nitrogens with two attached hydrogens (primary N) is 1. The van der Waals surface area contributed by atoms with Crippen LogP contribution < -0.4 is 37.9 Å². The van der Waals surface area contributed by atoms with Crippen molar-refractivity contribution in [3.05, 3.63) is 110 Å². The summed E-state index contributed by atoms with van der Waals surface area (Å²) in [6.45, 7) is 0. The van der Waals surface area contributed by atoms with Crippen molar-refractivity contribution < 1.29 is 31.5 Å². The second-order valence-electron chi connectivity index (χ2n) is 9.70. The Hall–Kier alpha value is -6.63. The van der Waals surface area contributed by atoms with E-state index >= 15 is 0 Å². The van der Waals surface area contributed by atoms with Gasteiger partial charge in [0.2, 0.25) is 20.0 Å². The van der Waals surface area contributed by atoms with Crippen LogP contribution in [0.3, 0.4) is 0 Å². The second kappa shape index (κ2) is 12.3. The van der Waals surface area contributed by atoms with Crippen LogP contribution in [0.2, 0.25) is 0 Å². The average molecular weight is 709 g/mol. The third-order valence-corrected chi connectivity index (χ3v) is 7.10. The lowest BCUT2D eigenvalue weighted by molar-refractivity contribution is -0.384. The van der Waals surface area contributed by atoms with Gasteiger partial charge in [-0.3, -0.25) is 34.6 Å². The SMILES string of the molecule is CS(=O)(=O)Nn1c(=O)[nH]c2cc([N+](=O)[O-])c(-n3ccc(C=O)c3)cc2c1=O.CS(=O)(=O)Nn1c(=O)[nH]c2cc([N+](=O)[O-])c(N)cc2c1=O. The molecule has 3 aromatic heterocycles. The standard InChI is InChI=1S/C14H11N5O7S.C9H9N5O6S/c1-27(25,26)16-18-13(21)9-4-11(17-3-2-8(6-17)7-20)12(19(23)24)5-10(9)15-14(18)22;1-21(19,20)12-13-8(15)4-2-5(10)7(14(17)18)3-6(4)11-9(13)16/h2-7,16H,1H3,(H,15,22);2-3,12H,10H2,1H3,(H,11,16). The summed E-state index contributed by atoms with van der Waals surface area (Å²) in [5.41, 5.74) is -0.0225. The topological polar surface area (TPSA) is 336 Å². The highest BCUT2D eigenvalue weighted by Crippen LogP contribution is 2.27. The predicted molar refractivity (Wildman–Crippen MR) is 169 cm³/mol. The van der Waals surface area contributed by atoms with Gasteiger partial charge in [0.25, 0.3) is 22.5 Å². The first kappa shape index (κ1) is 34.2. The first-order valence-corrected chi connectivity index (χ1v) is 16.3. The molecule has 48 heavy (non-hydrogen) atoms. The maximum absolute atomic E-state index is 12.5. The van der Waals surface area contributed by atoms with Crippen LogP contribution in [0, 0.1) is 20.2 Å². The summed E-state index contributed by atoms with van der Waals surface area (Å²) in [6, 6.07) is 5.45. The number of hydrogen-bond acceptors (Lipinski definition) is 14. The summed E-state index contributed by atoms with van der Waals surface area (Å²) in [5.74, 6) is 0. The Kier molecular flexibility index (Phi) is 8.76. The second-order valence-corrected chi connectivity index (χ2v) is 13.1. The average Bonchev–Trinajstić information content (AvgIpc) is 3.46. The number of H-pyrrole nitrogens is 2. The Balaban J connectivity index is 0.000000224. The predicted octanol–water partition coefficient (Wildman–Crippen LogP) is -1.61. The van der Waals surface area contributed by atoms with Gasteiger partial charge in [-0.1, -0.05) is 0 Å². The fourth-order valence-electron chi connectivity index (χ4n) is 4.15. The summed E-state index contributed by atoms with van der Waals surface area (Å²) in [7, 11) is -7.80. The van der Waals surface area contributed by atoms with Crippen molar-refractivity contribution in [3.63, 3.8) is 0 Å². The number of aldehydes is 1. The molecule has 25 heteroatoms. The number of sulfonamides is 2. The normalized spacial score (nSPS) is 11.5. The molecule has 3 heterocycles. The number of nitro benzene ring substituents is 2. The van der Waals surface area contributed by atoms with E-state index in [-0.39, 0.29) is 48.1 Å². The molecule has 0 bridgehead atoms. The number of nitrogens with one attached hydrogen (secondary N) is 4. The van der Waals surface area contributed by atoms with E-state index in [1.54, 1.807) is 9.66 Å². The number of anilines is 1. The van der Waals surface area contributed by atoms with Gasteiger partial charge in [0.05, 0.1) is 44.2 Å². The van der Waals surface area contributed by atoms with Gasteiger partial charge in [-0.25, -0.2) is 36.1 Å². The van der Waals surface area contributed by atoms with Crippen molar-refractivity contribution in [1.82, 2.24) is 23.9 Å². The number of carbonyl (C=O) groups excluding carboxylic acids is 1. The zero-order chi connectivity index (χ0) is 35.9. The lowest BCUT2D eigenvalue weighted by Gasteiger charge is -2.09. The molecule has 5 rings (SSSR count). The molecule has 0 amide bonds. The molecule has 23 nitrogen and oxygen atoms in total. The number of nitrogens with zero attached hydrogens (tertiary/aromatic N) is 5. The van der Waals surface area contributed by atoms with E-state index in [0.717, 1.165) is 36.8 Å². The van der Waals surface area contributed by atoms with Gasteiger partial charge in [-0.2, -0.15) is 9.35 Å². The number of aromatic amines is 2. The summed E-state index contributed by atoms with van der Waals surface area (Å²) in [4.78, 5) is 87.6. The van der Waals surface area contributed by atoms with Gasteiger partial charge in [0.1, 0.15) is 11.4 Å². The monoisotopic (exact) mass is 708 g/mol. The molecule has 252 valence electrons. The van der Waals surface area contributed by atoms with Gasteiger partial charge >= 0.3 is 11.4 Å². The molecule has 6 N–H and O–H groups in total. The molecule has 0 spiro atoms. The summed E-state index contributed by atoms with van der Waals surface area (Å²) in [5, 5.41) is 21.8. The van der Waals surface area contributed by atoms with E-state index in [2.05, 4.69) is 9.97 Å². The number of fused-ring (bicyclic) bond motifs is 2. The van der Waals surface area contributed by atoms with Crippen molar-refractivity contribution in [1.29, 1.82) is 0 Å². The molecule has 0 aliphatic carbocycles. The zero-order valence-electron chi connectivity index (χ0n) is 24.1. The maximum atomic E-state index is 12.5. The number of hydrogen-bond donors (Lipinski definition) is 5. The van der Waals surface area contributed by atoms with Crippen LogP contribution in [-0.4, -0.2) is 69.4 Å². The Labute approximate surface area is 264 Å². The highest BCUT2D eigenvalue weighted by Gasteiger charge is 2.21. The minimum Gasteiger partial charge on any atom is -0.393 e. The number of nitrogen functional groups attached to an aromatic ring is 1. The summed E-state index contributed by atoms with van der Waals surface area (Å²) < 4.78 is 46.7. The minimum absolute atomic E-state index is 0.0457. The van der Waals surface area contributed by atoms with Crippen LogP contribution >= 0.6 is 0 Å². The molecule has 5 aromatic rings. The van der Waals surface area contributed by atoms with Crippen molar-refractivity contribution in [3.8, 4) is 5.69 Å². The Morgan fingerprint density at radius 1 is 0.792 bits per heavy atom. The van der Waals surface area contributed by atoms with Gasteiger partial charge in [-0.15, -0.1) is 0 Å². The Morgan fingerprint density at radius 3 is 1.67 bits per heavy atom. The van der Waals surface area contributed by atoms with E-state index in [1.807, 2.05) is 0 Å². The van der Waals surface area contributed by atoms with Crippen LogP contribution in [0.4, 0.5) is 17.1 Å². The van der Waals surface area contributed by atoms with Crippen molar-refractivity contribution in [2.24, 2.45) is 0 Å². The zero-order valence-corrected chi connectivity index (χ0v) is 25.7. The van der Waals surface area contributed by atoms with Crippen LogP contribution in [0.1, 0.15) is 10.4 Å². The lowest BCUT2D eigenvalue weighted by Crippen LogP contribution is -2.43. The molecular weight excluding hydrogens is 688 g/mol. The van der Waals surface area contributed by atoms with Crippen LogP contribution in [0.25, 0.3) is 27.5 Å². The molecule has 0 aliphatic rings. The van der Waals surface area contributed by atoms with Crippen molar-refractivity contribution in [2.75, 3.05) is 27.9 Å². The smallest absolute Gasteiger partial charge is 0.348 e. The lowest BCUT2D eigenvalue weighted by atomic mass is 10.2.